The summed E-state index contributed by atoms with van der Waals surface area (Å²) in [6.45, 7) is 1.43. The topological polar surface area (TPSA) is 63.8 Å². The van der Waals surface area contributed by atoms with Crippen LogP contribution in [0.2, 0.25) is 0 Å². The molecule has 0 aliphatic rings. The predicted octanol–water partition coefficient (Wildman–Crippen LogP) is 2.04. The molecule has 0 amide bonds. The van der Waals surface area contributed by atoms with Gasteiger partial charge in [0.25, 0.3) is 0 Å². The van der Waals surface area contributed by atoms with E-state index in [0.717, 1.165) is 24.2 Å². The summed E-state index contributed by atoms with van der Waals surface area (Å²) in [7, 11) is 0. The summed E-state index contributed by atoms with van der Waals surface area (Å²) in [6.07, 6.45) is 0.890. The van der Waals surface area contributed by atoms with Crippen molar-refractivity contribution in [2.75, 3.05) is 18.4 Å². The zero-order valence-corrected chi connectivity index (χ0v) is 9.94. The van der Waals surface area contributed by atoms with E-state index in [-0.39, 0.29) is 5.82 Å². The van der Waals surface area contributed by atoms with E-state index >= 15 is 0 Å². The van der Waals surface area contributed by atoms with E-state index in [4.69, 9.17) is 5.73 Å². The number of aromatic nitrogens is 2. The molecule has 0 fully saturated rings. The van der Waals surface area contributed by atoms with E-state index < -0.39 is 0 Å². The van der Waals surface area contributed by atoms with Crippen molar-refractivity contribution in [3.63, 3.8) is 0 Å². The molecule has 5 heteroatoms. The number of nitrogens with one attached hydrogen (secondary N) is 1. The van der Waals surface area contributed by atoms with E-state index in [1.807, 2.05) is 12.1 Å². The van der Waals surface area contributed by atoms with Crippen LogP contribution in [0.3, 0.4) is 0 Å². The summed E-state index contributed by atoms with van der Waals surface area (Å²) in [5, 5.41) is 11.3. The van der Waals surface area contributed by atoms with E-state index in [9.17, 15) is 4.39 Å². The highest BCUT2D eigenvalue weighted by atomic mass is 19.1. The van der Waals surface area contributed by atoms with Gasteiger partial charge >= 0.3 is 0 Å². The van der Waals surface area contributed by atoms with Crippen LogP contribution in [-0.2, 0) is 0 Å². The first kappa shape index (κ1) is 12.4. The average Bonchev–Trinajstić information content (AvgIpc) is 2.41. The van der Waals surface area contributed by atoms with Crippen molar-refractivity contribution >= 4 is 5.82 Å². The first-order valence-corrected chi connectivity index (χ1v) is 5.83. The predicted molar refractivity (Wildman–Crippen MR) is 69.6 cm³/mol. The number of nitrogens with zero attached hydrogens (tertiary/aromatic N) is 2. The number of hydrogen-bond donors (Lipinski definition) is 2. The second-order valence-electron chi connectivity index (χ2n) is 3.88. The van der Waals surface area contributed by atoms with Crippen molar-refractivity contribution in [3.8, 4) is 11.3 Å². The third kappa shape index (κ3) is 3.24. The zero-order chi connectivity index (χ0) is 12.8. The van der Waals surface area contributed by atoms with Gasteiger partial charge in [0, 0.05) is 12.1 Å². The lowest BCUT2D eigenvalue weighted by Gasteiger charge is -2.04. The Bertz CT molecular complexity index is 481. The van der Waals surface area contributed by atoms with Gasteiger partial charge in [0.15, 0.2) is 0 Å². The summed E-state index contributed by atoms with van der Waals surface area (Å²) in [5.41, 5.74) is 6.96. The Kier molecular flexibility index (Phi) is 4.20. The fourth-order valence-corrected chi connectivity index (χ4v) is 1.52. The van der Waals surface area contributed by atoms with Gasteiger partial charge in [-0.25, -0.2) is 4.39 Å². The molecule has 4 nitrogen and oxygen atoms in total. The summed E-state index contributed by atoms with van der Waals surface area (Å²) in [4.78, 5) is 0. The smallest absolute Gasteiger partial charge is 0.148 e. The van der Waals surface area contributed by atoms with Gasteiger partial charge in [-0.05, 0) is 49.4 Å². The van der Waals surface area contributed by atoms with Gasteiger partial charge in [-0.2, -0.15) is 0 Å². The summed E-state index contributed by atoms with van der Waals surface area (Å²) >= 11 is 0. The Balaban J connectivity index is 2.05. The van der Waals surface area contributed by atoms with Gasteiger partial charge < -0.3 is 11.1 Å². The third-order valence-corrected chi connectivity index (χ3v) is 2.49. The maximum atomic E-state index is 12.8. The van der Waals surface area contributed by atoms with Crippen molar-refractivity contribution in [2.45, 2.75) is 6.42 Å². The third-order valence-electron chi connectivity index (χ3n) is 2.49. The molecule has 2 aromatic rings. The average molecular weight is 246 g/mol. The zero-order valence-electron chi connectivity index (χ0n) is 9.94. The Morgan fingerprint density at radius 2 is 1.83 bits per heavy atom. The second kappa shape index (κ2) is 6.07. The van der Waals surface area contributed by atoms with Gasteiger partial charge in [-0.15, -0.1) is 10.2 Å². The molecule has 18 heavy (non-hydrogen) atoms. The summed E-state index contributed by atoms with van der Waals surface area (Å²) in [5.74, 6) is 0.459. The lowest BCUT2D eigenvalue weighted by Crippen LogP contribution is -2.09. The minimum absolute atomic E-state index is 0.258. The maximum Gasteiger partial charge on any atom is 0.148 e. The molecule has 0 bridgehead atoms. The number of benzene rings is 1. The number of halogens is 1. The van der Waals surface area contributed by atoms with E-state index in [1.165, 1.54) is 12.1 Å². The molecule has 0 unspecified atom stereocenters. The quantitative estimate of drug-likeness (QED) is 0.792. The Morgan fingerprint density at radius 1 is 1.06 bits per heavy atom. The normalized spacial score (nSPS) is 10.3. The monoisotopic (exact) mass is 246 g/mol. The van der Waals surface area contributed by atoms with Crippen LogP contribution in [-0.4, -0.2) is 23.3 Å². The van der Waals surface area contributed by atoms with Crippen LogP contribution >= 0.6 is 0 Å². The molecule has 1 aromatic carbocycles. The van der Waals surface area contributed by atoms with Gasteiger partial charge in [-0.3, -0.25) is 0 Å². The Labute approximate surface area is 105 Å². The van der Waals surface area contributed by atoms with Crippen LogP contribution in [0.5, 0.6) is 0 Å². The molecule has 0 radical (unpaired) electrons. The van der Waals surface area contributed by atoms with Crippen molar-refractivity contribution in [3.05, 3.63) is 42.2 Å². The van der Waals surface area contributed by atoms with Crippen LogP contribution in [0.4, 0.5) is 10.2 Å². The minimum Gasteiger partial charge on any atom is -0.369 e. The molecule has 2 rings (SSSR count). The second-order valence-corrected chi connectivity index (χ2v) is 3.88. The van der Waals surface area contributed by atoms with Gasteiger partial charge in [0.2, 0.25) is 0 Å². The summed E-state index contributed by atoms with van der Waals surface area (Å²) in [6, 6.07) is 9.88. The van der Waals surface area contributed by atoms with Crippen molar-refractivity contribution in [1.82, 2.24) is 10.2 Å². The molecule has 0 aliphatic carbocycles. The molecule has 0 atom stereocenters. The Hall–Kier alpha value is -2.01. The fourth-order valence-electron chi connectivity index (χ4n) is 1.52. The first-order valence-electron chi connectivity index (χ1n) is 5.83. The molecule has 3 N–H and O–H groups in total. The van der Waals surface area contributed by atoms with Crippen LogP contribution in [0, 0.1) is 5.82 Å². The SMILES string of the molecule is NCCCNc1ccc(-c2ccc(F)cc2)nn1. The van der Waals surface area contributed by atoms with Gasteiger partial charge in [0.1, 0.15) is 11.6 Å². The highest BCUT2D eigenvalue weighted by Gasteiger charge is 2.01. The molecular formula is C13H15FN4. The Morgan fingerprint density at radius 3 is 2.44 bits per heavy atom. The van der Waals surface area contributed by atoms with E-state index in [1.54, 1.807) is 12.1 Å². The molecule has 0 saturated heterocycles. The molecule has 94 valence electrons. The van der Waals surface area contributed by atoms with Gasteiger partial charge in [-0.1, -0.05) is 0 Å². The standard InChI is InChI=1S/C13H15FN4/c14-11-4-2-10(3-5-11)12-6-7-13(18-17-12)16-9-1-8-15/h2-7H,1,8-9,15H2,(H,16,18). The largest absolute Gasteiger partial charge is 0.369 e. The molecule has 1 aromatic heterocycles. The minimum atomic E-state index is -0.258. The van der Waals surface area contributed by atoms with Crippen LogP contribution in [0.1, 0.15) is 6.42 Å². The maximum absolute atomic E-state index is 12.8. The van der Waals surface area contributed by atoms with Crippen molar-refractivity contribution in [1.29, 1.82) is 0 Å². The number of rotatable bonds is 5. The van der Waals surface area contributed by atoms with Crippen LogP contribution in [0.15, 0.2) is 36.4 Å². The number of anilines is 1. The van der Waals surface area contributed by atoms with Crippen molar-refractivity contribution < 1.29 is 4.39 Å². The number of nitrogens with two attached hydrogens (primary N) is 1. The molecule has 0 aliphatic heterocycles. The van der Waals surface area contributed by atoms with Crippen LogP contribution in [0.25, 0.3) is 11.3 Å². The van der Waals surface area contributed by atoms with Gasteiger partial charge in [0.05, 0.1) is 5.69 Å². The fraction of sp³-hybridized carbons (Fsp3) is 0.231. The van der Waals surface area contributed by atoms with Crippen LogP contribution < -0.4 is 11.1 Å². The molecule has 1 heterocycles. The first-order chi connectivity index (χ1) is 8.79. The highest BCUT2D eigenvalue weighted by molar-refractivity contribution is 5.59. The van der Waals surface area contributed by atoms with E-state index in [0.29, 0.717) is 12.4 Å². The lowest BCUT2D eigenvalue weighted by atomic mass is 10.1. The lowest BCUT2D eigenvalue weighted by molar-refractivity contribution is 0.628. The summed E-state index contributed by atoms with van der Waals surface area (Å²) < 4.78 is 12.8. The highest BCUT2D eigenvalue weighted by Crippen LogP contribution is 2.17. The molecule has 0 spiro atoms. The number of hydrogen-bond acceptors (Lipinski definition) is 4. The van der Waals surface area contributed by atoms with Crippen molar-refractivity contribution in [2.24, 2.45) is 5.73 Å². The molecule has 0 saturated carbocycles. The van der Waals surface area contributed by atoms with E-state index in [2.05, 4.69) is 15.5 Å². The molecular weight excluding hydrogens is 231 g/mol.